The molecule has 6 heteroatoms. The van der Waals surface area contributed by atoms with E-state index in [1.54, 1.807) is 24.3 Å². The van der Waals surface area contributed by atoms with Crippen molar-refractivity contribution < 1.29 is 19.5 Å². The van der Waals surface area contributed by atoms with Gasteiger partial charge in [-0.2, -0.15) is 0 Å². The van der Waals surface area contributed by atoms with Crippen molar-refractivity contribution in [1.29, 1.82) is 0 Å². The number of hydrogen-bond donors (Lipinski definition) is 3. The molecule has 0 aliphatic rings. The van der Waals surface area contributed by atoms with E-state index in [-0.39, 0.29) is 24.8 Å². The van der Waals surface area contributed by atoms with Crippen molar-refractivity contribution in [3.05, 3.63) is 29.8 Å². The molecule has 0 heterocycles. The average molecular weight is 250 g/mol. The van der Waals surface area contributed by atoms with Crippen molar-refractivity contribution in [3.63, 3.8) is 0 Å². The van der Waals surface area contributed by atoms with Gasteiger partial charge in [0.1, 0.15) is 0 Å². The second-order valence-corrected chi connectivity index (χ2v) is 3.73. The number of hydrogen-bond acceptors (Lipinski definition) is 3. The summed E-state index contributed by atoms with van der Waals surface area (Å²) in [6.07, 6.45) is -0.102. The van der Waals surface area contributed by atoms with Crippen LogP contribution in [0.15, 0.2) is 24.3 Å². The molecule has 6 nitrogen and oxygen atoms in total. The first-order valence-electron chi connectivity index (χ1n) is 5.32. The standard InChI is InChI=1S/C12H14N2O4/c1-8(15)13-7-11(16)14-10-4-2-3-9(5-10)6-12(17)18/h2-5H,6-7H2,1H3,(H,13,15)(H,14,16)(H,17,18). The lowest BCUT2D eigenvalue weighted by Gasteiger charge is -2.06. The maximum atomic E-state index is 11.4. The number of nitrogens with one attached hydrogen (secondary N) is 2. The van der Waals surface area contributed by atoms with Crippen LogP contribution in [0.5, 0.6) is 0 Å². The Bertz CT molecular complexity index is 471. The van der Waals surface area contributed by atoms with Crippen LogP contribution in [-0.2, 0) is 20.8 Å². The van der Waals surface area contributed by atoms with Crippen molar-refractivity contribution in [2.45, 2.75) is 13.3 Å². The Morgan fingerprint density at radius 3 is 2.61 bits per heavy atom. The third kappa shape index (κ3) is 5.11. The second-order valence-electron chi connectivity index (χ2n) is 3.73. The molecule has 1 aromatic carbocycles. The molecule has 3 N–H and O–H groups in total. The minimum atomic E-state index is -0.934. The summed E-state index contributed by atoms with van der Waals surface area (Å²) in [6.45, 7) is 1.21. The molecule has 96 valence electrons. The highest BCUT2D eigenvalue weighted by molar-refractivity contribution is 5.94. The van der Waals surface area contributed by atoms with Crippen molar-refractivity contribution >= 4 is 23.5 Å². The number of carboxylic acid groups (broad SMARTS) is 1. The van der Waals surface area contributed by atoms with Crippen LogP contribution in [0.1, 0.15) is 12.5 Å². The van der Waals surface area contributed by atoms with Crippen LogP contribution < -0.4 is 10.6 Å². The van der Waals surface area contributed by atoms with E-state index in [1.165, 1.54) is 6.92 Å². The molecule has 0 saturated heterocycles. The molecule has 0 unspecified atom stereocenters. The molecular formula is C12H14N2O4. The van der Waals surface area contributed by atoms with E-state index < -0.39 is 5.97 Å². The maximum Gasteiger partial charge on any atom is 0.307 e. The normalized spacial score (nSPS) is 9.61. The Morgan fingerprint density at radius 2 is 2.00 bits per heavy atom. The summed E-state index contributed by atoms with van der Waals surface area (Å²) in [6, 6.07) is 6.56. The highest BCUT2D eigenvalue weighted by Gasteiger charge is 2.05. The fourth-order valence-electron chi connectivity index (χ4n) is 1.34. The zero-order valence-corrected chi connectivity index (χ0v) is 9.90. The number of anilines is 1. The van der Waals surface area contributed by atoms with E-state index in [9.17, 15) is 14.4 Å². The van der Waals surface area contributed by atoms with Gasteiger partial charge in [0.05, 0.1) is 13.0 Å². The van der Waals surface area contributed by atoms with Gasteiger partial charge in [-0.3, -0.25) is 14.4 Å². The fourth-order valence-corrected chi connectivity index (χ4v) is 1.34. The lowest BCUT2D eigenvalue weighted by molar-refractivity contribution is -0.136. The van der Waals surface area contributed by atoms with Gasteiger partial charge in [-0.25, -0.2) is 0 Å². The molecule has 0 atom stereocenters. The smallest absolute Gasteiger partial charge is 0.307 e. The Kier molecular flexibility index (Phi) is 4.86. The van der Waals surface area contributed by atoms with Gasteiger partial charge in [0.15, 0.2) is 0 Å². The zero-order chi connectivity index (χ0) is 13.5. The molecule has 0 aromatic heterocycles. The van der Waals surface area contributed by atoms with Crippen LogP contribution in [0.3, 0.4) is 0 Å². The fraction of sp³-hybridized carbons (Fsp3) is 0.250. The summed E-state index contributed by atoms with van der Waals surface area (Å²) in [5, 5.41) is 13.6. The van der Waals surface area contributed by atoms with Crippen molar-refractivity contribution in [3.8, 4) is 0 Å². The van der Waals surface area contributed by atoms with Gasteiger partial charge < -0.3 is 15.7 Å². The number of carbonyl (C=O) groups excluding carboxylic acids is 2. The minimum Gasteiger partial charge on any atom is -0.481 e. The van der Waals surface area contributed by atoms with Gasteiger partial charge >= 0.3 is 5.97 Å². The molecule has 1 rings (SSSR count). The number of aliphatic carboxylic acids is 1. The number of carboxylic acids is 1. The molecule has 18 heavy (non-hydrogen) atoms. The summed E-state index contributed by atoms with van der Waals surface area (Å²) < 4.78 is 0. The maximum absolute atomic E-state index is 11.4. The van der Waals surface area contributed by atoms with Crippen LogP contribution in [0.4, 0.5) is 5.69 Å². The van der Waals surface area contributed by atoms with Gasteiger partial charge in [0.2, 0.25) is 11.8 Å². The summed E-state index contributed by atoms with van der Waals surface area (Å²) in [7, 11) is 0. The molecule has 0 aliphatic heterocycles. The van der Waals surface area contributed by atoms with E-state index in [4.69, 9.17) is 5.11 Å². The number of carbonyl (C=O) groups is 3. The van der Waals surface area contributed by atoms with Crippen LogP contribution in [-0.4, -0.2) is 29.4 Å². The summed E-state index contributed by atoms with van der Waals surface area (Å²) >= 11 is 0. The van der Waals surface area contributed by atoms with Crippen LogP contribution in [0.25, 0.3) is 0 Å². The number of benzene rings is 1. The van der Waals surface area contributed by atoms with E-state index in [2.05, 4.69) is 10.6 Å². The Morgan fingerprint density at radius 1 is 1.28 bits per heavy atom. The monoisotopic (exact) mass is 250 g/mol. The van der Waals surface area contributed by atoms with Gasteiger partial charge in [-0.1, -0.05) is 12.1 Å². The summed E-state index contributed by atoms with van der Waals surface area (Å²) in [4.78, 5) is 32.6. The topological polar surface area (TPSA) is 95.5 Å². The first-order valence-corrected chi connectivity index (χ1v) is 5.32. The van der Waals surface area contributed by atoms with Crippen molar-refractivity contribution in [1.82, 2.24) is 5.32 Å². The average Bonchev–Trinajstić information content (AvgIpc) is 2.26. The third-order valence-electron chi connectivity index (χ3n) is 2.06. The van der Waals surface area contributed by atoms with Gasteiger partial charge in [-0.05, 0) is 17.7 Å². The Hall–Kier alpha value is -2.37. The van der Waals surface area contributed by atoms with Crippen LogP contribution in [0.2, 0.25) is 0 Å². The molecule has 0 saturated carbocycles. The second kappa shape index (κ2) is 6.39. The van der Waals surface area contributed by atoms with E-state index in [0.29, 0.717) is 11.3 Å². The molecular weight excluding hydrogens is 236 g/mol. The molecule has 0 spiro atoms. The van der Waals surface area contributed by atoms with Crippen LogP contribution in [0, 0.1) is 0 Å². The molecule has 2 amide bonds. The predicted octanol–water partition coefficient (Wildman–Crippen LogP) is 0.388. The first kappa shape index (κ1) is 13.7. The molecule has 1 aromatic rings. The number of rotatable bonds is 5. The quantitative estimate of drug-likeness (QED) is 0.704. The summed E-state index contributed by atoms with van der Waals surface area (Å²) in [5.74, 6) is -1.58. The van der Waals surface area contributed by atoms with E-state index in [1.807, 2.05) is 0 Å². The summed E-state index contributed by atoms with van der Waals surface area (Å²) in [5.41, 5.74) is 1.10. The number of amides is 2. The van der Waals surface area contributed by atoms with Gasteiger partial charge in [0.25, 0.3) is 0 Å². The SMILES string of the molecule is CC(=O)NCC(=O)Nc1cccc(CC(=O)O)c1. The molecule has 0 aliphatic carbocycles. The van der Waals surface area contributed by atoms with Gasteiger partial charge in [0, 0.05) is 12.6 Å². The Balaban J connectivity index is 2.58. The molecule has 0 fully saturated rings. The van der Waals surface area contributed by atoms with E-state index in [0.717, 1.165) is 0 Å². The van der Waals surface area contributed by atoms with Gasteiger partial charge in [-0.15, -0.1) is 0 Å². The van der Waals surface area contributed by atoms with Crippen molar-refractivity contribution in [2.24, 2.45) is 0 Å². The largest absolute Gasteiger partial charge is 0.481 e. The lowest BCUT2D eigenvalue weighted by Crippen LogP contribution is -2.31. The highest BCUT2D eigenvalue weighted by atomic mass is 16.4. The predicted molar refractivity (Wildman–Crippen MR) is 65.1 cm³/mol. The van der Waals surface area contributed by atoms with Crippen LogP contribution >= 0.6 is 0 Å². The Labute approximate surface area is 104 Å². The third-order valence-corrected chi connectivity index (χ3v) is 2.06. The first-order chi connectivity index (χ1) is 8.47. The highest BCUT2D eigenvalue weighted by Crippen LogP contribution is 2.11. The minimum absolute atomic E-state index is 0.102. The lowest BCUT2D eigenvalue weighted by atomic mass is 10.1. The van der Waals surface area contributed by atoms with E-state index >= 15 is 0 Å². The van der Waals surface area contributed by atoms with Crippen molar-refractivity contribution in [2.75, 3.05) is 11.9 Å². The zero-order valence-electron chi connectivity index (χ0n) is 9.90. The molecule has 0 radical (unpaired) electrons. The molecule has 0 bridgehead atoms.